The fourth-order valence-corrected chi connectivity index (χ4v) is 4.62. The summed E-state index contributed by atoms with van der Waals surface area (Å²) in [4.78, 5) is 31.4. The third-order valence-electron chi connectivity index (χ3n) is 4.42. The predicted octanol–water partition coefficient (Wildman–Crippen LogP) is 3.49. The van der Waals surface area contributed by atoms with Gasteiger partial charge in [-0.05, 0) is 49.9 Å². The van der Waals surface area contributed by atoms with E-state index in [-0.39, 0.29) is 11.8 Å². The van der Waals surface area contributed by atoms with Crippen molar-refractivity contribution in [1.82, 2.24) is 10.3 Å². The number of amides is 2. The SMILES string of the molecule is CNc1nc(C(=O)NC2CCCN(c3c(C)cc(Br)cc3C)C2=O)cs1. The fraction of sp³-hybridized carbons (Fsp3) is 0.389. The van der Waals surface area contributed by atoms with Gasteiger partial charge in [0.25, 0.3) is 5.91 Å². The van der Waals surface area contributed by atoms with Gasteiger partial charge in [0, 0.05) is 29.1 Å². The van der Waals surface area contributed by atoms with Crippen LogP contribution in [0.1, 0.15) is 34.5 Å². The van der Waals surface area contributed by atoms with Crippen LogP contribution in [0, 0.1) is 13.8 Å². The number of piperidine rings is 1. The van der Waals surface area contributed by atoms with Crippen molar-refractivity contribution in [3.63, 3.8) is 0 Å². The molecule has 2 N–H and O–H groups in total. The van der Waals surface area contributed by atoms with Gasteiger partial charge in [0.1, 0.15) is 11.7 Å². The molecule has 2 heterocycles. The standard InChI is InChI=1S/C18H21BrN4O2S/c1-10-7-12(19)8-11(2)15(10)23-6-4-5-13(17(23)25)21-16(24)14-9-26-18(20-3)22-14/h7-9,13H,4-6H2,1-3H3,(H,20,22)(H,21,24). The first kappa shape index (κ1) is 18.8. The summed E-state index contributed by atoms with van der Waals surface area (Å²) in [5.74, 6) is -0.380. The number of rotatable bonds is 4. The van der Waals surface area contributed by atoms with E-state index in [0.29, 0.717) is 23.8 Å². The van der Waals surface area contributed by atoms with E-state index in [0.717, 1.165) is 27.7 Å². The van der Waals surface area contributed by atoms with E-state index in [4.69, 9.17) is 0 Å². The zero-order chi connectivity index (χ0) is 18.8. The summed E-state index contributed by atoms with van der Waals surface area (Å²) in [5, 5.41) is 8.12. The minimum absolute atomic E-state index is 0.0674. The molecule has 1 aromatic carbocycles. The Morgan fingerprint density at radius 1 is 1.35 bits per heavy atom. The molecule has 1 atom stereocenters. The van der Waals surface area contributed by atoms with Crippen LogP contribution in [0.4, 0.5) is 10.8 Å². The zero-order valence-corrected chi connectivity index (χ0v) is 17.3. The van der Waals surface area contributed by atoms with Gasteiger partial charge >= 0.3 is 0 Å². The molecule has 8 heteroatoms. The number of anilines is 2. The molecule has 0 aliphatic carbocycles. The summed E-state index contributed by atoms with van der Waals surface area (Å²) < 4.78 is 0.995. The molecule has 0 bridgehead atoms. The molecular weight excluding hydrogens is 416 g/mol. The molecule has 26 heavy (non-hydrogen) atoms. The van der Waals surface area contributed by atoms with E-state index in [1.54, 1.807) is 17.3 Å². The second kappa shape index (κ2) is 7.75. The van der Waals surface area contributed by atoms with E-state index < -0.39 is 6.04 Å². The minimum atomic E-state index is -0.529. The highest BCUT2D eigenvalue weighted by atomic mass is 79.9. The van der Waals surface area contributed by atoms with Crippen molar-refractivity contribution >= 4 is 49.9 Å². The van der Waals surface area contributed by atoms with Crippen LogP contribution in [0.3, 0.4) is 0 Å². The van der Waals surface area contributed by atoms with Crippen molar-refractivity contribution in [1.29, 1.82) is 0 Å². The van der Waals surface area contributed by atoms with Crippen LogP contribution >= 0.6 is 27.3 Å². The number of hydrogen-bond acceptors (Lipinski definition) is 5. The first-order valence-corrected chi connectivity index (χ1v) is 10.1. The van der Waals surface area contributed by atoms with Gasteiger partial charge in [-0.2, -0.15) is 0 Å². The minimum Gasteiger partial charge on any atom is -0.365 e. The Balaban J connectivity index is 1.79. The molecular formula is C18H21BrN4O2S. The van der Waals surface area contributed by atoms with Crippen LogP contribution in [0.2, 0.25) is 0 Å². The monoisotopic (exact) mass is 436 g/mol. The van der Waals surface area contributed by atoms with Crippen molar-refractivity contribution in [3.8, 4) is 0 Å². The van der Waals surface area contributed by atoms with E-state index >= 15 is 0 Å². The van der Waals surface area contributed by atoms with Crippen LogP contribution in [0.15, 0.2) is 22.0 Å². The molecule has 6 nitrogen and oxygen atoms in total. The van der Waals surface area contributed by atoms with E-state index in [1.165, 1.54) is 11.3 Å². The largest absolute Gasteiger partial charge is 0.365 e. The molecule has 138 valence electrons. The highest BCUT2D eigenvalue weighted by molar-refractivity contribution is 9.10. The zero-order valence-electron chi connectivity index (χ0n) is 14.9. The number of halogens is 1. The summed E-state index contributed by atoms with van der Waals surface area (Å²) in [6, 6.07) is 3.48. The van der Waals surface area contributed by atoms with Crippen LogP contribution < -0.4 is 15.5 Å². The Kier molecular flexibility index (Phi) is 5.62. The van der Waals surface area contributed by atoms with Gasteiger partial charge in [-0.25, -0.2) is 4.98 Å². The van der Waals surface area contributed by atoms with Gasteiger partial charge in [-0.1, -0.05) is 15.9 Å². The van der Waals surface area contributed by atoms with Crippen LogP contribution in [0.5, 0.6) is 0 Å². The van der Waals surface area contributed by atoms with E-state index in [2.05, 4.69) is 31.5 Å². The molecule has 1 unspecified atom stereocenters. The quantitative estimate of drug-likeness (QED) is 0.768. The first-order chi connectivity index (χ1) is 12.4. The first-order valence-electron chi connectivity index (χ1n) is 8.43. The molecule has 2 amide bonds. The molecule has 2 aromatic rings. The van der Waals surface area contributed by atoms with Crippen LogP contribution in [-0.2, 0) is 4.79 Å². The second-order valence-corrected chi connectivity index (χ2v) is 8.11. The van der Waals surface area contributed by atoms with Crippen LogP contribution in [-0.4, -0.2) is 36.4 Å². The number of hydrogen-bond donors (Lipinski definition) is 2. The maximum atomic E-state index is 13.0. The summed E-state index contributed by atoms with van der Waals surface area (Å²) >= 11 is 4.85. The van der Waals surface area contributed by atoms with Crippen LogP contribution in [0.25, 0.3) is 0 Å². The number of aryl methyl sites for hydroxylation is 2. The third kappa shape index (κ3) is 3.76. The van der Waals surface area contributed by atoms with E-state index in [9.17, 15) is 9.59 Å². The summed E-state index contributed by atoms with van der Waals surface area (Å²) in [6.07, 6.45) is 1.48. The average molecular weight is 437 g/mol. The number of nitrogens with zero attached hydrogens (tertiary/aromatic N) is 2. The summed E-state index contributed by atoms with van der Waals surface area (Å²) in [5.41, 5.74) is 3.34. The van der Waals surface area contributed by atoms with Crippen molar-refractivity contribution in [3.05, 3.63) is 38.8 Å². The summed E-state index contributed by atoms with van der Waals surface area (Å²) in [6.45, 7) is 4.66. The average Bonchev–Trinajstić information content (AvgIpc) is 3.06. The molecule has 1 aliphatic heterocycles. The maximum Gasteiger partial charge on any atom is 0.271 e. The molecule has 0 spiro atoms. The number of nitrogens with one attached hydrogen (secondary N) is 2. The molecule has 1 fully saturated rings. The Bertz CT molecular complexity index is 828. The highest BCUT2D eigenvalue weighted by Gasteiger charge is 2.32. The van der Waals surface area contributed by atoms with Gasteiger partial charge in [0.15, 0.2) is 5.13 Å². The normalized spacial score (nSPS) is 17.3. The van der Waals surface area contributed by atoms with Crippen molar-refractivity contribution in [2.75, 3.05) is 23.8 Å². The Morgan fingerprint density at radius 3 is 2.65 bits per heavy atom. The lowest BCUT2D eigenvalue weighted by Gasteiger charge is -2.34. The van der Waals surface area contributed by atoms with Gasteiger partial charge in [0.05, 0.1) is 0 Å². The molecule has 0 radical (unpaired) electrons. The summed E-state index contributed by atoms with van der Waals surface area (Å²) in [7, 11) is 1.76. The molecule has 0 saturated carbocycles. The van der Waals surface area contributed by atoms with Gasteiger partial charge in [0.2, 0.25) is 5.91 Å². The van der Waals surface area contributed by atoms with E-state index in [1.807, 2.05) is 26.0 Å². The maximum absolute atomic E-state index is 13.0. The Morgan fingerprint density at radius 2 is 2.04 bits per heavy atom. The topological polar surface area (TPSA) is 74.3 Å². The smallest absolute Gasteiger partial charge is 0.271 e. The lowest BCUT2D eigenvalue weighted by Crippen LogP contribution is -2.52. The number of carbonyl (C=O) groups excluding carboxylic acids is 2. The fourth-order valence-electron chi connectivity index (χ4n) is 3.29. The van der Waals surface area contributed by atoms with Gasteiger partial charge < -0.3 is 15.5 Å². The highest BCUT2D eigenvalue weighted by Crippen LogP contribution is 2.31. The van der Waals surface area contributed by atoms with Crippen molar-refractivity contribution in [2.45, 2.75) is 32.7 Å². The number of benzene rings is 1. The number of thiazole rings is 1. The molecule has 1 aliphatic rings. The number of carbonyl (C=O) groups is 2. The Labute approximate surface area is 165 Å². The third-order valence-corrected chi connectivity index (χ3v) is 5.74. The van der Waals surface area contributed by atoms with Crippen molar-refractivity contribution in [2.24, 2.45) is 0 Å². The van der Waals surface area contributed by atoms with Crippen molar-refractivity contribution < 1.29 is 9.59 Å². The lowest BCUT2D eigenvalue weighted by atomic mass is 10.0. The Hall–Kier alpha value is -1.93. The molecule has 1 aromatic heterocycles. The predicted molar refractivity (Wildman–Crippen MR) is 108 cm³/mol. The lowest BCUT2D eigenvalue weighted by molar-refractivity contribution is -0.121. The van der Waals surface area contributed by atoms with Gasteiger partial charge in [-0.15, -0.1) is 11.3 Å². The number of aromatic nitrogens is 1. The molecule has 3 rings (SSSR count). The molecule has 1 saturated heterocycles. The van der Waals surface area contributed by atoms with Gasteiger partial charge in [-0.3, -0.25) is 9.59 Å². The second-order valence-electron chi connectivity index (χ2n) is 6.33.